The molecular formula is C16H20Cl2N4O. The molecule has 1 heterocycles. The van der Waals surface area contributed by atoms with Gasteiger partial charge in [0.15, 0.2) is 0 Å². The van der Waals surface area contributed by atoms with Gasteiger partial charge in [-0.1, -0.05) is 29.3 Å². The summed E-state index contributed by atoms with van der Waals surface area (Å²) in [6.07, 6.45) is 4.13. The third kappa shape index (κ3) is 4.70. The normalized spacial score (nSPS) is 13.6. The molecule has 0 aliphatic rings. The summed E-state index contributed by atoms with van der Waals surface area (Å²) in [6.45, 7) is 1.94. The molecule has 2 aromatic rings. The van der Waals surface area contributed by atoms with Crippen LogP contribution in [0.3, 0.4) is 0 Å². The fraction of sp³-hybridized carbons (Fsp3) is 0.375. The molecule has 2 atom stereocenters. The Hall–Kier alpha value is -1.56. The maximum Gasteiger partial charge on any atom is 0.242 e. The number of rotatable bonds is 6. The molecule has 23 heavy (non-hydrogen) atoms. The van der Waals surface area contributed by atoms with Gasteiger partial charge >= 0.3 is 0 Å². The van der Waals surface area contributed by atoms with Crippen LogP contribution in [-0.2, 0) is 18.3 Å². The van der Waals surface area contributed by atoms with E-state index in [1.165, 1.54) is 0 Å². The van der Waals surface area contributed by atoms with E-state index in [1.807, 2.05) is 26.2 Å². The van der Waals surface area contributed by atoms with Gasteiger partial charge in [-0.15, -0.1) is 0 Å². The zero-order chi connectivity index (χ0) is 17.0. The van der Waals surface area contributed by atoms with Gasteiger partial charge in [0.1, 0.15) is 6.04 Å². The summed E-state index contributed by atoms with van der Waals surface area (Å²) < 4.78 is 1.67. The fourth-order valence-electron chi connectivity index (χ4n) is 2.43. The molecule has 0 aliphatic heterocycles. The van der Waals surface area contributed by atoms with Gasteiger partial charge in [-0.05, 0) is 38.1 Å². The van der Waals surface area contributed by atoms with Crippen LogP contribution in [-0.4, -0.2) is 28.8 Å². The zero-order valence-corrected chi connectivity index (χ0v) is 14.8. The predicted octanol–water partition coefficient (Wildman–Crippen LogP) is 2.73. The second-order valence-corrected chi connectivity index (χ2v) is 6.36. The summed E-state index contributed by atoms with van der Waals surface area (Å²) in [6, 6.07) is 4.88. The van der Waals surface area contributed by atoms with Crippen molar-refractivity contribution in [3.05, 3.63) is 51.8 Å². The highest BCUT2D eigenvalue weighted by Gasteiger charge is 2.21. The first kappa shape index (κ1) is 17.8. The van der Waals surface area contributed by atoms with Gasteiger partial charge < -0.3 is 10.6 Å². The number of likely N-dealkylation sites (N-methyl/N-ethyl adjacent to an activating group) is 1. The lowest BCUT2D eigenvalue weighted by Gasteiger charge is -2.19. The molecular weight excluding hydrogens is 335 g/mol. The van der Waals surface area contributed by atoms with Crippen LogP contribution in [0.1, 0.15) is 24.1 Å². The Balaban J connectivity index is 2.00. The largest absolute Gasteiger partial charge is 0.352 e. The number of aryl methyl sites for hydroxylation is 1. The second-order valence-electron chi connectivity index (χ2n) is 5.52. The molecule has 124 valence electrons. The van der Waals surface area contributed by atoms with Crippen LogP contribution in [0, 0.1) is 0 Å². The molecule has 1 amide bonds. The van der Waals surface area contributed by atoms with Crippen LogP contribution in [0.25, 0.3) is 0 Å². The standard InChI is InChI=1S/C16H20Cl2N4O/c1-10(6-11-4-5-13(17)7-14(11)18)21-16(23)15(19-2)12-8-20-22(3)9-12/h4-5,7-10,15,19H,6H2,1-3H3,(H,21,23). The first-order chi connectivity index (χ1) is 10.9. The molecule has 0 fully saturated rings. The Kier molecular flexibility index (Phi) is 6.04. The van der Waals surface area contributed by atoms with Gasteiger partial charge in [0.25, 0.3) is 0 Å². The molecule has 2 unspecified atom stereocenters. The number of amides is 1. The highest BCUT2D eigenvalue weighted by Crippen LogP contribution is 2.22. The lowest BCUT2D eigenvalue weighted by molar-refractivity contribution is -0.123. The van der Waals surface area contributed by atoms with Crippen molar-refractivity contribution in [1.82, 2.24) is 20.4 Å². The summed E-state index contributed by atoms with van der Waals surface area (Å²) >= 11 is 12.1. The molecule has 7 heteroatoms. The van der Waals surface area contributed by atoms with E-state index in [0.717, 1.165) is 11.1 Å². The van der Waals surface area contributed by atoms with Crippen LogP contribution in [0.5, 0.6) is 0 Å². The Morgan fingerprint density at radius 2 is 2.13 bits per heavy atom. The maximum atomic E-state index is 12.5. The van der Waals surface area contributed by atoms with Gasteiger partial charge in [-0.2, -0.15) is 5.10 Å². The van der Waals surface area contributed by atoms with Crippen LogP contribution in [0.4, 0.5) is 0 Å². The van der Waals surface area contributed by atoms with E-state index >= 15 is 0 Å². The Labute approximate surface area is 146 Å². The van der Waals surface area contributed by atoms with E-state index in [2.05, 4.69) is 15.7 Å². The SMILES string of the molecule is CNC(C(=O)NC(C)Cc1ccc(Cl)cc1Cl)c1cnn(C)c1. The Morgan fingerprint density at radius 3 is 2.70 bits per heavy atom. The van der Waals surface area contributed by atoms with Crippen LogP contribution in [0.2, 0.25) is 10.0 Å². The van der Waals surface area contributed by atoms with Crippen molar-refractivity contribution >= 4 is 29.1 Å². The third-order valence-electron chi connectivity index (χ3n) is 3.54. The zero-order valence-electron chi connectivity index (χ0n) is 13.3. The van der Waals surface area contributed by atoms with Crippen molar-refractivity contribution in [1.29, 1.82) is 0 Å². The van der Waals surface area contributed by atoms with E-state index in [9.17, 15) is 4.79 Å². The molecule has 0 aliphatic carbocycles. The number of aromatic nitrogens is 2. The van der Waals surface area contributed by atoms with Crippen molar-refractivity contribution < 1.29 is 4.79 Å². The first-order valence-electron chi connectivity index (χ1n) is 7.30. The predicted molar refractivity (Wildman–Crippen MR) is 92.8 cm³/mol. The van der Waals surface area contributed by atoms with Gasteiger partial charge in [-0.25, -0.2) is 0 Å². The van der Waals surface area contributed by atoms with E-state index in [-0.39, 0.29) is 11.9 Å². The molecule has 0 radical (unpaired) electrons. The third-order valence-corrected chi connectivity index (χ3v) is 4.13. The number of carbonyl (C=O) groups excluding carboxylic acids is 1. The molecule has 0 bridgehead atoms. The van der Waals surface area contributed by atoms with Crippen LogP contribution < -0.4 is 10.6 Å². The summed E-state index contributed by atoms with van der Waals surface area (Å²) in [4.78, 5) is 12.5. The van der Waals surface area contributed by atoms with E-state index in [0.29, 0.717) is 16.5 Å². The minimum atomic E-state index is -0.438. The maximum absolute atomic E-state index is 12.5. The van der Waals surface area contributed by atoms with E-state index in [1.54, 1.807) is 30.1 Å². The number of benzene rings is 1. The molecule has 1 aromatic heterocycles. The van der Waals surface area contributed by atoms with Gasteiger partial charge in [-0.3, -0.25) is 9.48 Å². The summed E-state index contributed by atoms with van der Waals surface area (Å²) in [5, 5.41) is 11.3. The lowest BCUT2D eigenvalue weighted by atomic mass is 10.1. The number of hydrogen-bond donors (Lipinski definition) is 2. The minimum absolute atomic E-state index is 0.0614. The topological polar surface area (TPSA) is 59.0 Å². The number of hydrogen-bond acceptors (Lipinski definition) is 3. The molecule has 1 aromatic carbocycles. The summed E-state index contributed by atoms with van der Waals surface area (Å²) in [5.41, 5.74) is 1.77. The van der Waals surface area contributed by atoms with Crippen molar-refractivity contribution in [2.24, 2.45) is 7.05 Å². The van der Waals surface area contributed by atoms with Crippen LogP contribution >= 0.6 is 23.2 Å². The van der Waals surface area contributed by atoms with E-state index in [4.69, 9.17) is 23.2 Å². The van der Waals surface area contributed by atoms with E-state index < -0.39 is 6.04 Å². The quantitative estimate of drug-likeness (QED) is 0.838. The van der Waals surface area contributed by atoms with Crippen molar-refractivity contribution in [2.75, 3.05) is 7.05 Å². The second kappa shape index (κ2) is 7.81. The molecule has 2 rings (SSSR count). The van der Waals surface area contributed by atoms with Crippen molar-refractivity contribution in [3.8, 4) is 0 Å². The van der Waals surface area contributed by atoms with Crippen molar-refractivity contribution in [2.45, 2.75) is 25.4 Å². The Morgan fingerprint density at radius 1 is 1.39 bits per heavy atom. The lowest BCUT2D eigenvalue weighted by Crippen LogP contribution is -2.41. The van der Waals surface area contributed by atoms with Crippen LogP contribution in [0.15, 0.2) is 30.6 Å². The highest BCUT2D eigenvalue weighted by atomic mass is 35.5. The number of halogens is 2. The van der Waals surface area contributed by atoms with Gasteiger partial charge in [0.2, 0.25) is 5.91 Å². The minimum Gasteiger partial charge on any atom is -0.352 e. The van der Waals surface area contributed by atoms with Gasteiger partial charge in [0, 0.05) is 34.9 Å². The Bertz CT molecular complexity index is 686. The summed E-state index contributed by atoms with van der Waals surface area (Å²) in [7, 11) is 3.57. The number of nitrogens with one attached hydrogen (secondary N) is 2. The smallest absolute Gasteiger partial charge is 0.242 e. The molecule has 0 spiro atoms. The first-order valence-corrected chi connectivity index (χ1v) is 8.06. The monoisotopic (exact) mass is 354 g/mol. The van der Waals surface area contributed by atoms with Crippen molar-refractivity contribution in [3.63, 3.8) is 0 Å². The number of nitrogens with zero attached hydrogens (tertiary/aromatic N) is 2. The molecule has 0 saturated heterocycles. The molecule has 5 nitrogen and oxygen atoms in total. The molecule has 2 N–H and O–H groups in total. The van der Waals surface area contributed by atoms with Gasteiger partial charge in [0.05, 0.1) is 6.20 Å². The average Bonchev–Trinajstić information content (AvgIpc) is 2.89. The number of carbonyl (C=O) groups is 1. The highest BCUT2D eigenvalue weighted by molar-refractivity contribution is 6.35. The molecule has 0 saturated carbocycles. The fourth-order valence-corrected chi connectivity index (χ4v) is 2.92. The average molecular weight is 355 g/mol. The summed E-state index contributed by atoms with van der Waals surface area (Å²) in [5.74, 6) is -0.0990.